The van der Waals surface area contributed by atoms with Crippen molar-refractivity contribution < 1.29 is 27.5 Å². The predicted molar refractivity (Wildman–Crippen MR) is 161 cm³/mol. The number of rotatable bonds is 10. The lowest BCUT2D eigenvalue weighted by Gasteiger charge is -2.36. The van der Waals surface area contributed by atoms with Crippen LogP contribution in [-0.4, -0.2) is 32.7 Å². The molecule has 0 aliphatic carbocycles. The van der Waals surface area contributed by atoms with Gasteiger partial charge in [-0.1, -0.05) is 54.5 Å². The first kappa shape index (κ1) is 32.9. The molecule has 224 valence electrons. The minimum Gasteiger partial charge on any atom is -0.411 e. The van der Waals surface area contributed by atoms with E-state index in [0.717, 1.165) is 39.2 Å². The summed E-state index contributed by atoms with van der Waals surface area (Å²) in [6, 6.07) is 2.10. The Labute approximate surface area is 245 Å². The smallest absolute Gasteiger partial charge is 0.275 e. The van der Waals surface area contributed by atoms with E-state index in [2.05, 4.69) is 77.3 Å². The number of fused-ring (bicyclic) bond motifs is 1. The van der Waals surface area contributed by atoms with Gasteiger partial charge >= 0.3 is 0 Å². The molecule has 1 amide bonds. The number of hydrogen-bond acceptors (Lipinski definition) is 8. The highest BCUT2D eigenvalue weighted by Gasteiger charge is 2.39. The van der Waals surface area contributed by atoms with Crippen LogP contribution in [0.25, 0.3) is 0 Å². The number of aromatic nitrogens is 1. The molecular formula is C29H46N2O6S2Si. The molecule has 2 N–H and O–H groups in total. The lowest BCUT2D eigenvalue weighted by Crippen LogP contribution is -2.40. The van der Waals surface area contributed by atoms with Crippen LogP contribution in [0.4, 0.5) is 0 Å². The monoisotopic (exact) mass is 610 g/mol. The minimum absolute atomic E-state index is 0.0205. The number of benzene rings is 1. The molecule has 1 aromatic carbocycles. The lowest BCUT2D eigenvalue weighted by atomic mass is 9.82. The highest BCUT2D eigenvalue weighted by atomic mass is 32.2. The maximum absolute atomic E-state index is 13.6. The number of hydrogen-bond donors (Lipinski definition) is 2. The van der Waals surface area contributed by atoms with Gasteiger partial charge in [0.2, 0.25) is 5.91 Å². The van der Waals surface area contributed by atoms with Gasteiger partial charge in [0.05, 0.1) is 31.9 Å². The number of amides is 1. The van der Waals surface area contributed by atoms with E-state index in [1.165, 1.54) is 0 Å². The molecule has 0 radical (unpaired) electrons. The van der Waals surface area contributed by atoms with Crippen molar-refractivity contribution in [1.82, 2.24) is 9.71 Å². The molecule has 0 fully saturated rings. The number of ether oxygens (including phenoxy) is 1. The Morgan fingerprint density at radius 1 is 1.15 bits per heavy atom. The molecule has 11 heteroatoms. The molecule has 0 atom stereocenters. The Balaban J connectivity index is 1.97. The fraction of sp³-hybridized carbons (Fsp3) is 0.655. The molecule has 0 saturated heterocycles. The standard InChI is InChI=1S/C29H46N2O6S2Si/c1-17(2)20-12-19-14-36-15-22(19)25(18(3)4)21(20)13-24(32)31-39(34,35)26-23(30-27(38-26)29(8,9)33)16-37-40(10,11)28(5,6)7/h12,17-18,33H,13-16H2,1-11H3,(H,31,32). The van der Waals surface area contributed by atoms with Crippen LogP contribution in [0.5, 0.6) is 0 Å². The molecule has 40 heavy (non-hydrogen) atoms. The van der Waals surface area contributed by atoms with E-state index in [9.17, 15) is 18.3 Å². The van der Waals surface area contributed by atoms with Crippen LogP contribution in [0.3, 0.4) is 0 Å². The maximum Gasteiger partial charge on any atom is 0.275 e. The average molecular weight is 611 g/mol. The largest absolute Gasteiger partial charge is 0.411 e. The van der Waals surface area contributed by atoms with E-state index >= 15 is 0 Å². The van der Waals surface area contributed by atoms with Gasteiger partial charge in [0.1, 0.15) is 10.6 Å². The van der Waals surface area contributed by atoms with Crippen molar-refractivity contribution in [3.63, 3.8) is 0 Å². The molecule has 0 unspecified atom stereocenters. The van der Waals surface area contributed by atoms with Gasteiger partial charge in [-0.15, -0.1) is 11.3 Å². The first-order valence-electron chi connectivity index (χ1n) is 13.8. The summed E-state index contributed by atoms with van der Waals surface area (Å²) in [4.78, 5) is 17.9. The Bertz CT molecular complexity index is 1370. The van der Waals surface area contributed by atoms with Gasteiger partial charge in [-0.3, -0.25) is 4.79 Å². The third-order valence-corrected chi connectivity index (χ3v) is 15.6. The second-order valence-electron chi connectivity index (χ2n) is 13.4. The quantitative estimate of drug-likeness (QED) is 0.307. The molecule has 0 saturated carbocycles. The third-order valence-electron chi connectivity index (χ3n) is 7.81. The highest BCUT2D eigenvalue weighted by Crippen LogP contribution is 2.39. The third kappa shape index (κ3) is 7.04. The first-order valence-corrected chi connectivity index (χ1v) is 19.0. The van der Waals surface area contributed by atoms with Crippen LogP contribution in [0.15, 0.2) is 10.3 Å². The fourth-order valence-corrected chi connectivity index (χ4v) is 8.02. The first-order chi connectivity index (χ1) is 18.2. The van der Waals surface area contributed by atoms with Gasteiger partial charge in [0.15, 0.2) is 12.5 Å². The Kier molecular flexibility index (Phi) is 9.51. The van der Waals surface area contributed by atoms with E-state index in [-0.39, 0.29) is 44.8 Å². The Morgan fingerprint density at radius 3 is 2.30 bits per heavy atom. The zero-order valence-corrected chi connectivity index (χ0v) is 28.4. The summed E-state index contributed by atoms with van der Waals surface area (Å²) in [7, 11) is -6.50. The Hall–Kier alpha value is -1.63. The lowest BCUT2D eigenvalue weighted by molar-refractivity contribution is -0.118. The number of thiazole rings is 1. The minimum atomic E-state index is -4.27. The summed E-state index contributed by atoms with van der Waals surface area (Å²) in [5.74, 6) is -0.321. The van der Waals surface area contributed by atoms with Gasteiger partial charge in [0, 0.05) is 0 Å². The fourth-order valence-electron chi connectivity index (χ4n) is 4.60. The second kappa shape index (κ2) is 11.6. The van der Waals surface area contributed by atoms with Gasteiger partial charge < -0.3 is 14.3 Å². The van der Waals surface area contributed by atoms with Crippen molar-refractivity contribution in [1.29, 1.82) is 0 Å². The molecule has 2 heterocycles. The van der Waals surface area contributed by atoms with Crippen molar-refractivity contribution in [2.45, 2.75) is 128 Å². The predicted octanol–water partition coefficient (Wildman–Crippen LogP) is 6.22. The van der Waals surface area contributed by atoms with Crippen molar-refractivity contribution in [2.75, 3.05) is 0 Å². The summed E-state index contributed by atoms with van der Waals surface area (Å²) >= 11 is 0.867. The van der Waals surface area contributed by atoms with E-state index in [1.807, 2.05) is 0 Å². The number of carbonyl (C=O) groups is 1. The summed E-state index contributed by atoms with van der Waals surface area (Å²) in [6.07, 6.45) is -0.0690. The Morgan fingerprint density at radius 2 is 1.77 bits per heavy atom. The molecule has 0 bridgehead atoms. The van der Waals surface area contributed by atoms with Gasteiger partial charge in [-0.05, 0) is 71.6 Å². The average Bonchev–Trinajstić information content (AvgIpc) is 3.42. The molecular weight excluding hydrogens is 565 g/mol. The van der Waals surface area contributed by atoms with Crippen molar-refractivity contribution in [3.8, 4) is 0 Å². The summed E-state index contributed by atoms with van der Waals surface area (Å²) < 4.78 is 41.5. The zero-order valence-electron chi connectivity index (χ0n) is 25.8. The number of aliphatic hydroxyl groups is 1. The van der Waals surface area contributed by atoms with Crippen LogP contribution in [0.1, 0.15) is 113 Å². The number of sulfonamides is 1. The topological polar surface area (TPSA) is 115 Å². The summed E-state index contributed by atoms with van der Waals surface area (Å²) in [5.41, 5.74) is 4.06. The molecule has 2 aromatic rings. The zero-order chi connectivity index (χ0) is 30.4. The van der Waals surface area contributed by atoms with Crippen LogP contribution >= 0.6 is 11.3 Å². The van der Waals surface area contributed by atoms with Crippen LogP contribution in [0, 0.1) is 0 Å². The SMILES string of the molecule is CC(C)c1cc2c(c(C(C)C)c1CC(=O)NS(=O)(=O)c1sc(C(C)(C)O)nc1CO[Si](C)(C)C(C)(C)C)COC2. The van der Waals surface area contributed by atoms with Crippen LogP contribution in [0.2, 0.25) is 18.1 Å². The van der Waals surface area contributed by atoms with Crippen molar-refractivity contribution >= 4 is 35.6 Å². The summed E-state index contributed by atoms with van der Waals surface area (Å²) in [6.45, 7) is 22.9. The number of nitrogens with zero attached hydrogens (tertiary/aromatic N) is 1. The van der Waals surface area contributed by atoms with Crippen LogP contribution < -0.4 is 4.72 Å². The van der Waals surface area contributed by atoms with Gasteiger partial charge in [-0.25, -0.2) is 18.1 Å². The molecule has 3 rings (SSSR count). The van der Waals surface area contributed by atoms with E-state index in [4.69, 9.17) is 9.16 Å². The highest BCUT2D eigenvalue weighted by molar-refractivity contribution is 7.92. The van der Waals surface area contributed by atoms with E-state index in [1.54, 1.807) is 13.8 Å². The number of nitrogens with one attached hydrogen (secondary N) is 1. The molecule has 1 aliphatic heterocycles. The normalized spacial score (nSPS) is 14.8. The molecule has 1 aromatic heterocycles. The van der Waals surface area contributed by atoms with E-state index < -0.39 is 29.8 Å². The van der Waals surface area contributed by atoms with Gasteiger partial charge in [-0.2, -0.15) is 0 Å². The second-order valence-corrected chi connectivity index (χ2v) is 21.1. The van der Waals surface area contributed by atoms with Crippen molar-refractivity contribution in [2.24, 2.45) is 0 Å². The molecule has 1 aliphatic rings. The molecule has 8 nitrogen and oxygen atoms in total. The van der Waals surface area contributed by atoms with Crippen LogP contribution in [-0.2, 0) is 55.8 Å². The number of carbonyl (C=O) groups excluding carboxylic acids is 1. The van der Waals surface area contributed by atoms with E-state index in [0.29, 0.717) is 13.2 Å². The van der Waals surface area contributed by atoms with Gasteiger partial charge in [0.25, 0.3) is 10.0 Å². The summed E-state index contributed by atoms with van der Waals surface area (Å²) in [5, 5.41) is 10.8. The molecule has 0 spiro atoms. The maximum atomic E-state index is 13.6. The van der Waals surface area contributed by atoms with Crippen molar-refractivity contribution in [3.05, 3.63) is 44.6 Å².